The van der Waals surface area contributed by atoms with Gasteiger partial charge in [-0.15, -0.1) is 0 Å². The van der Waals surface area contributed by atoms with E-state index in [1.165, 1.54) is 0 Å². The Balaban J connectivity index is 4.19. The highest BCUT2D eigenvalue weighted by Gasteiger charge is 2.68. The predicted molar refractivity (Wildman–Crippen MR) is 56.3 cm³/mol. The van der Waals surface area contributed by atoms with Gasteiger partial charge in [-0.05, 0) is 12.8 Å². The average molecular weight is 326 g/mol. The van der Waals surface area contributed by atoms with Crippen molar-refractivity contribution in [3.63, 3.8) is 0 Å². The minimum Gasteiger partial charge on any atom is -0.463 e. The highest BCUT2D eigenvalue weighted by atomic mass is 32.3. The first-order chi connectivity index (χ1) is 8.95. The highest BCUT2D eigenvalue weighted by molar-refractivity contribution is 7.87. The zero-order chi connectivity index (χ0) is 16.0. The molecule has 0 amide bonds. The van der Waals surface area contributed by atoms with E-state index in [-0.39, 0.29) is 19.4 Å². The Hall–Kier alpha value is -1.23. The number of halogens is 5. The van der Waals surface area contributed by atoms with E-state index >= 15 is 0 Å². The first kappa shape index (κ1) is 18.8. The van der Waals surface area contributed by atoms with Crippen LogP contribution in [-0.2, 0) is 24.5 Å². The van der Waals surface area contributed by atoms with Crippen LogP contribution in [0.3, 0.4) is 0 Å². The van der Waals surface area contributed by atoms with Crippen LogP contribution in [0.5, 0.6) is 0 Å². The van der Waals surface area contributed by atoms with Gasteiger partial charge in [0.25, 0.3) is 0 Å². The Morgan fingerprint density at radius 1 is 1.15 bits per heavy atom. The molecule has 118 valence electrons. The molecule has 0 saturated carbocycles. The highest BCUT2D eigenvalue weighted by Crippen LogP contribution is 2.40. The average Bonchev–Trinajstić information content (AvgIpc) is 2.31. The number of ether oxygens (including phenoxy) is 2. The third-order valence-corrected chi connectivity index (χ3v) is 2.73. The third-order valence-electron chi connectivity index (χ3n) is 1.88. The van der Waals surface area contributed by atoms with E-state index in [4.69, 9.17) is 0 Å². The summed E-state index contributed by atoms with van der Waals surface area (Å²) >= 11 is 0. The Labute approximate surface area is 111 Å². The molecule has 20 heavy (non-hydrogen) atoms. The minimum absolute atomic E-state index is 0.0103. The van der Waals surface area contributed by atoms with Crippen molar-refractivity contribution in [2.75, 3.05) is 13.2 Å². The molecule has 0 aliphatic heterocycles. The van der Waals surface area contributed by atoms with Crippen molar-refractivity contribution in [3.05, 3.63) is 12.7 Å². The van der Waals surface area contributed by atoms with Crippen LogP contribution in [0.2, 0.25) is 0 Å². The van der Waals surface area contributed by atoms with Crippen molar-refractivity contribution in [2.45, 2.75) is 24.2 Å². The number of alkyl halides is 4. The van der Waals surface area contributed by atoms with E-state index in [2.05, 4.69) is 16.1 Å². The van der Waals surface area contributed by atoms with Crippen LogP contribution in [0.25, 0.3) is 0 Å². The fraction of sp³-hybridized carbons (Fsp3) is 0.667. The van der Waals surface area contributed by atoms with E-state index in [9.17, 15) is 34.7 Å². The van der Waals surface area contributed by atoms with Gasteiger partial charge in [0.15, 0.2) is 0 Å². The summed E-state index contributed by atoms with van der Waals surface area (Å²) in [7, 11) is -6.81. The molecule has 0 spiro atoms. The van der Waals surface area contributed by atoms with Crippen molar-refractivity contribution < 1.29 is 44.1 Å². The molecule has 0 N–H and O–H groups in total. The summed E-state index contributed by atoms with van der Waals surface area (Å²) in [6.45, 7) is 1.90. The van der Waals surface area contributed by atoms with Crippen LogP contribution < -0.4 is 0 Å². The lowest BCUT2D eigenvalue weighted by Crippen LogP contribution is -2.47. The molecule has 0 fully saturated rings. The fourth-order valence-electron chi connectivity index (χ4n) is 0.862. The topological polar surface area (TPSA) is 69.7 Å². The third kappa shape index (κ3) is 5.04. The van der Waals surface area contributed by atoms with Crippen LogP contribution in [-0.4, -0.2) is 39.0 Å². The van der Waals surface area contributed by atoms with Gasteiger partial charge in [0.1, 0.15) is 0 Å². The fourth-order valence-corrected chi connectivity index (χ4v) is 1.20. The monoisotopic (exact) mass is 326 g/mol. The maximum absolute atomic E-state index is 12.7. The Bertz CT molecular complexity index is 448. The molecule has 0 atom stereocenters. The van der Waals surface area contributed by atoms with E-state index in [0.717, 1.165) is 6.08 Å². The van der Waals surface area contributed by atoms with Crippen LogP contribution in [0.4, 0.5) is 21.4 Å². The predicted octanol–water partition coefficient (Wildman–Crippen LogP) is 2.00. The summed E-state index contributed by atoms with van der Waals surface area (Å²) in [5, 5.41) is -5.98. The number of hydrogen-bond donors (Lipinski definition) is 0. The van der Waals surface area contributed by atoms with Crippen molar-refractivity contribution >= 4 is 16.2 Å². The molecular formula is C9H11F5O5S. The van der Waals surface area contributed by atoms with Gasteiger partial charge in [0.2, 0.25) is 0 Å². The molecule has 0 heterocycles. The molecule has 0 aromatic carbocycles. The van der Waals surface area contributed by atoms with Crippen LogP contribution >= 0.6 is 0 Å². The summed E-state index contributed by atoms with van der Waals surface area (Å²) in [6.07, 6.45) is -4.90. The van der Waals surface area contributed by atoms with Crippen LogP contribution in [0.1, 0.15) is 12.8 Å². The molecule has 0 bridgehead atoms. The van der Waals surface area contributed by atoms with Crippen molar-refractivity contribution in [2.24, 2.45) is 0 Å². The molecule has 0 unspecified atom stereocenters. The summed E-state index contributed by atoms with van der Waals surface area (Å²) in [5.74, 6) is -0.758. The molecule has 5 nitrogen and oxygen atoms in total. The molecule has 11 heteroatoms. The summed E-state index contributed by atoms with van der Waals surface area (Å²) in [5.41, 5.74) is 0. The smallest absolute Gasteiger partial charge is 0.463 e. The Morgan fingerprint density at radius 3 is 2.10 bits per heavy atom. The Morgan fingerprint density at radius 2 is 1.65 bits per heavy atom. The second-order valence-corrected chi connectivity index (χ2v) is 4.79. The van der Waals surface area contributed by atoms with Gasteiger partial charge in [-0.3, -0.25) is 0 Å². The molecule has 0 aliphatic carbocycles. The van der Waals surface area contributed by atoms with E-state index in [1.54, 1.807) is 0 Å². The molecule has 0 aliphatic rings. The standard InChI is InChI=1S/C9H11F5O5S/c1-2-7(15)18-5-3-4-6-19-8(10,11)9(12,13)20(14,16)17/h2H,1,3-6H2. The number of rotatable bonds is 9. The molecular weight excluding hydrogens is 315 g/mol. The van der Waals surface area contributed by atoms with E-state index < -0.39 is 34.2 Å². The number of hydrogen-bond acceptors (Lipinski definition) is 5. The van der Waals surface area contributed by atoms with E-state index in [1.807, 2.05) is 0 Å². The first-order valence-electron chi connectivity index (χ1n) is 5.08. The number of carbonyl (C=O) groups excluding carboxylic acids is 1. The molecule has 0 aromatic heterocycles. The largest absolute Gasteiger partial charge is 0.464 e. The normalized spacial score (nSPS) is 13.1. The Kier molecular flexibility index (Phi) is 6.54. The van der Waals surface area contributed by atoms with Gasteiger partial charge in [-0.25, -0.2) is 4.79 Å². The summed E-state index contributed by atoms with van der Waals surface area (Å²) in [6, 6.07) is 0. The second kappa shape index (κ2) is 6.97. The van der Waals surface area contributed by atoms with Crippen LogP contribution in [0, 0.1) is 0 Å². The van der Waals surface area contributed by atoms with Gasteiger partial charge in [-0.2, -0.15) is 26.0 Å². The van der Waals surface area contributed by atoms with Crippen LogP contribution in [0.15, 0.2) is 12.7 Å². The quantitative estimate of drug-likeness (QED) is 0.213. The molecule has 0 saturated heterocycles. The van der Waals surface area contributed by atoms with Gasteiger partial charge >= 0.3 is 27.6 Å². The molecule has 0 rings (SSSR count). The number of esters is 1. The maximum atomic E-state index is 12.7. The molecule has 0 radical (unpaired) electrons. The van der Waals surface area contributed by atoms with Crippen molar-refractivity contribution in [3.8, 4) is 0 Å². The van der Waals surface area contributed by atoms with Crippen molar-refractivity contribution in [1.82, 2.24) is 0 Å². The van der Waals surface area contributed by atoms with E-state index in [0.29, 0.717) is 0 Å². The van der Waals surface area contributed by atoms with Crippen molar-refractivity contribution in [1.29, 1.82) is 0 Å². The zero-order valence-electron chi connectivity index (χ0n) is 9.95. The lowest BCUT2D eigenvalue weighted by atomic mass is 10.3. The minimum atomic E-state index is -6.81. The lowest BCUT2D eigenvalue weighted by Gasteiger charge is -2.22. The van der Waals surface area contributed by atoms with Gasteiger partial charge in [0, 0.05) is 6.08 Å². The zero-order valence-corrected chi connectivity index (χ0v) is 10.8. The molecule has 0 aromatic rings. The van der Waals surface area contributed by atoms with Gasteiger partial charge in [0.05, 0.1) is 13.2 Å². The summed E-state index contributed by atoms with van der Waals surface area (Å²) < 4.78 is 90.1. The SMILES string of the molecule is C=CC(=O)OCCCCOC(F)(F)C(F)(F)S(=O)(=O)F. The number of carbonyl (C=O) groups is 1. The van der Waals surface area contributed by atoms with Gasteiger partial charge < -0.3 is 9.47 Å². The second-order valence-electron chi connectivity index (χ2n) is 3.40. The first-order valence-corrected chi connectivity index (χ1v) is 6.47. The van der Waals surface area contributed by atoms with Gasteiger partial charge in [-0.1, -0.05) is 10.5 Å². The maximum Gasteiger partial charge on any atom is 0.464 e. The number of unbranched alkanes of at least 4 members (excludes halogenated alkanes) is 1. The lowest BCUT2D eigenvalue weighted by molar-refractivity contribution is -0.317. The summed E-state index contributed by atoms with van der Waals surface area (Å²) in [4.78, 5) is 10.5.